The van der Waals surface area contributed by atoms with Crippen LogP contribution in [0.25, 0.3) is 0 Å². The fourth-order valence-electron chi connectivity index (χ4n) is 2.45. The number of hydrogen-bond donors (Lipinski definition) is 0. The Kier molecular flexibility index (Phi) is 12.5. The molecule has 0 saturated carbocycles. The molecule has 0 aromatic carbocycles. The minimum Gasteiger partial charge on any atom is -0.462 e. The lowest BCUT2D eigenvalue weighted by Crippen LogP contribution is -2.41. The summed E-state index contributed by atoms with van der Waals surface area (Å²) in [6.45, 7) is 6.48. The first kappa shape index (κ1) is 21.0. The molecule has 3 atom stereocenters. The highest BCUT2D eigenvalue weighted by molar-refractivity contribution is 7.79. The fourth-order valence-corrected chi connectivity index (χ4v) is 2.45. The SMILES string of the molecule is CCCC(C)CC1CC(=O)OC1C.[B][B][B]B([B][B])[B][B]. The summed E-state index contributed by atoms with van der Waals surface area (Å²) in [6, 6.07) is 0. The number of ether oxygens (including phenoxy) is 1. The topological polar surface area (TPSA) is 26.3 Å². The highest BCUT2D eigenvalue weighted by Gasteiger charge is 2.31. The largest absolute Gasteiger partial charge is 0.462 e. The maximum atomic E-state index is 11.0. The van der Waals surface area contributed by atoms with Crippen LogP contribution in [0.2, 0.25) is 0 Å². The normalized spacial score (nSPS) is 21.4. The second-order valence-electron chi connectivity index (χ2n) is 5.64. The van der Waals surface area contributed by atoms with Crippen LogP contribution in [0.4, 0.5) is 0 Å². The Hall–Kier alpha value is -0.0105. The Morgan fingerprint density at radius 2 is 2.00 bits per heavy atom. The Morgan fingerprint density at radius 3 is 2.33 bits per heavy atom. The second-order valence-corrected chi connectivity index (χ2v) is 5.64. The Morgan fingerprint density at radius 1 is 1.38 bits per heavy atom. The maximum Gasteiger partial charge on any atom is 0.306 e. The van der Waals surface area contributed by atoms with Crippen molar-refractivity contribution in [3.63, 3.8) is 0 Å². The highest BCUT2D eigenvalue weighted by Crippen LogP contribution is 2.29. The monoisotopic (exact) mass is 272 g/mol. The minimum absolute atomic E-state index is 0.000000000000000222. The number of cyclic esters (lactones) is 1. The van der Waals surface area contributed by atoms with E-state index in [4.69, 9.17) is 27.9 Å². The lowest BCUT2D eigenvalue weighted by atomic mass is 8.78. The number of carbonyl (C=O) groups excluding carboxylic acids is 1. The Labute approximate surface area is 138 Å². The van der Waals surface area contributed by atoms with Crippen LogP contribution in [0, 0.1) is 11.8 Å². The van der Waals surface area contributed by atoms with Gasteiger partial charge in [-0.2, -0.15) is 0 Å². The molecule has 10 radical (unpaired) electrons. The summed E-state index contributed by atoms with van der Waals surface area (Å²) in [6.07, 6.45) is 4.41. The standard InChI is InChI=1S/C11H20O2.B8/c1-4-5-8(2)6-10-7-11(12)13-9(10)3;1-4-7-8(5-2)6-3/h8-10H,4-7H2,1-3H3;. The maximum absolute atomic E-state index is 11.0. The van der Waals surface area contributed by atoms with Gasteiger partial charge in [-0.05, 0) is 19.3 Å². The number of rotatable bonds is 8. The molecule has 1 heterocycles. The van der Waals surface area contributed by atoms with Crippen LogP contribution in [-0.2, 0) is 9.53 Å². The van der Waals surface area contributed by atoms with Crippen molar-refractivity contribution < 1.29 is 9.53 Å². The van der Waals surface area contributed by atoms with Crippen molar-refractivity contribution in [1.82, 2.24) is 0 Å². The van der Waals surface area contributed by atoms with Gasteiger partial charge in [0.15, 0.2) is 0 Å². The van der Waals surface area contributed by atoms with Gasteiger partial charge in [-0.25, -0.2) is 0 Å². The molecule has 0 aromatic heterocycles. The summed E-state index contributed by atoms with van der Waals surface area (Å²) in [5.74, 6) is 1.18. The van der Waals surface area contributed by atoms with Gasteiger partial charge in [0.05, 0.1) is 6.42 Å². The van der Waals surface area contributed by atoms with Crippen LogP contribution in [-0.4, -0.2) is 69.9 Å². The molecular formula is C11H20B8O2. The molecule has 0 bridgehead atoms. The van der Waals surface area contributed by atoms with Crippen LogP contribution < -0.4 is 0 Å². The zero-order valence-electron chi connectivity index (χ0n) is 13.5. The summed E-state index contributed by atoms with van der Waals surface area (Å²) in [5.41, 5.74) is 0. The fraction of sp³-hybridized carbons (Fsp3) is 0.909. The molecule has 1 rings (SSSR count). The van der Waals surface area contributed by atoms with E-state index in [0.29, 0.717) is 12.3 Å². The van der Waals surface area contributed by atoms with Crippen molar-refractivity contribution in [1.29, 1.82) is 0 Å². The molecule has 1 fully saturated rings. The third kappa shape index (κ3) is 9.58. The lowest BCUT2D eigenvalue weighted by molar-refractivity contribution is -0.140. The van der Waals surface area contributed by atoms with Crippen molar-refractivity contribution in [2.75, 3.05) is 0 Å². The smallest absolute Gasteiger partial charge is 0.306 e. The van der Waals surface area contributed by atoms with Crippen LogP contribution in [0.5, 0.6) is 0 Å². The van der Waals surface area contributed by atoms with Gasteiger partial charge in [-0.3, -0.25) is 4.79 Å². The molecule has 1 aliphatic rings. The molecule has 0 N–H and O–H groups in total. The Bertz CT molecular complexity index is 277. The summed E-state index contributed by atoms with van der Waals surface area (Å²) >= 11 is 0. The lowest BCUT2D eigenvalue weighted by Gasteiger charge is -2.17. The van der Waals surface area contributed by atoms with E-state index in [1.807, 2.05) is 6.92 Å². The summed E-state index contributed by atoms with van der Waals surface area (Å²) in [4.78, 5) is 11.0. The minimum atomic E-state index is -0.0128. The molecule has 21 heavy (non-hydrogen) atoms. The van der Waals surface area contributed by atoms with Crippen LogP contribution in [0.15, 0.2) is 0 Å². The molecule has 1 saturated heterocycles. The van der Waals surface area contributed by atoms with E-state index >= 15 is 0 Å². The first-order chi connectivity index (χ1) is 9.98. The highest BCUT2D eigenvalue weighted by atomic mass is 16.5. The molecule has 1 aliphatic heterocycles. The molecular weight excluding hydrogens is 251 g/mol. The van der Waals surface area contributed by atoms with E-state index in [1.165, 1.54) is 34.0 Å². The predicted octanol–water partition coefficient (Wildman–Crippen LogP) is -0.282. The first-order valence-electron chi connectivity index (χ1n) is 7.66. The first-order valence-corrected chi connectivity index (χ1v) is 7.66. The van der Waals surface area contributed by atoms with Crippen LogP contribution >= 0.6 is 0 Å². The van der Waals surface area contributed by atoms with Gasteiger partial charge >= 0.3 is 5.97 Å². The molecule has 3 unspecified atom stereocenters. The van der Waals surface area contributed by atoms with E-state index in [0.717, 1.165) is 12.3 Å². The molecule has 0 aromatic rings. The number of hydrogen-bond acceptors (Lipinski definition) is 2. The zero-order valence-corrected chi connectivity index (χ0v) is 13.5. The third-order valence-corrected chi connectivity index (χ3v) is 3.67. The van der Waals surface area contributed by atoms with Crippen molar-refractivity contribution in [3.8, 4) is 0 Å². The molecule has 2 nitrogen and oxygen atoms in total. The van der Waals surface area contributed by atoms with Gasteiger partial charge in [0.25, 0.3) is 0 Å². The van der Waals surface area contributed by atoms with Crippen LogP contribution in [0.1, 0.15) is 46.5 Å². The molecule has 0 amide bonds. The average molecular weight is 271 g/mol. The number of esters is 1. The zero-order chi connectivity index (χ0) is 16.3. The predicted molar refractivity (Wildman–Crippen MR) is 98.4 cm³/mol. The van der Waals surface area contributed by atoms with Crippen LogP contribution in [0.3, 0.4) is 0 Å². The molecule has 100 valence electrons. The third-order valence-electron chi connectivity index (χ3n) is 3.67. The summed E-state index contributed by atoms with van der Waals surface area (Å²) < 4.78 is 5.11. The number of carbonyl (C=O) groups is 1. The van der Waals surface area contributed by atoms with Gasteiger partial charge < -0.3 is 4.74 Å². The van der Waals surface area contributed by atoms with E-state index in [1.54, 1.807) is 7.06 Å². The van der Waals surface area contributed by atoms with Gasteiger partial charge in [0.1, 0.15) is 6.10 Å². The quantitative estimate of drug-likeness (QED) is 0.448. The van der Waals surface area contributed by atoms with Gasteiger partial charge in [-0.1, -0.05) is 26.7 Å². The van der Waals surface area contributed by atoms with Gasteiger partial charge in [0, 0.05) is 63.8 Å². The van der Waals surface area contributed by atoms with Gasteiger partial charge in [0.2, 0.25) is 0 Å². The van der Waals surface area contributed by atoms with E-state index in [2.05, 4.69) is 13.8 Å². The van der Waals surface area contributed by atoms with Gasteiger partial charge in [-0.15, -0.1) is 0 Å². The van der Waals surface area contributed by atoms with E-state index < -0.39 is 0 Å². The Balaban J connectivity index is 0.000000433. The van der Waals surface area contributed by atoms with E-state index in [-0.39, 0.29) is 18.5 Å². The average Bonchev–Trinajstić information content (AvgIpc) is 2.75. The van der Waals surface area contributed by atoms with Crippen molar-refractivity contribution in [2.45, 2.75) is 52.6 Å². The van der Waals surface area contributed by atoms with Crippen molar-refractivity contribution >= 4 is 63.8 Å². The van der Waals surface area contributed by atoms with Crippen molar-refractivity contribution in [2.24, 2.45) is 11.8 Å². The summed E-state index contributed by atoms with van der Waals surface area (Å²) in [5, 5.41) is 0. The molecule has 0 aliphatic carbocycles. The summed E-state index contributed by atoms with van der Waals surface area (Å²) in [7, 11) is 21.3. The van der Waals surface area contributed by atoms with E-state index in [9.17, 15) is 4.79 Å². The van der Waals surface area contributed by atoms with Crippen molar-refractivity contribution in [3.05, 3.63) is 0 Å². The molecule has 10 heteroatoms. The second kappa shape index (κ2) is 12.5. The molecule has 0 spiro atoms.